The van der Waals surface area contributed by atoms with Crippen LogP contribution in [0, 0.1) is 0 Å². The molecule has 2 aromatic rings. The van der Waals surface area contributed by atoms with Crippen LogP contribution >= 0.6 is 12.4 Å². The molecular weight excluding hydrogens is 306 g/mol. The summed E-state index contributed by atoms with van der Waals surface area (Å²) in [5, 5.41) is 0. The van der Waals surface area contributed by atoms with Gasteiger partial charge >= 0.3 is 0 Å². The molecule has 2 aliphatic rings. The highest BCUT2D eigenvalue weighted by Crippen LogP contribution is 2.40. The van der Waals surface area contributed by atoms with Crippen molar-refractivity contribution in [2.75, 3.05) is 18.0 Å². The van der Waals surface area contributed by atoms with E-state index >= 15 is 0 Å². The highest BCUT2D eigenvalue weighted by atomic mass is 35.5. The fourth-order valence-electron chi connectivity index (χ4n) is 3.68. The van der Waals surface area contributed by atoms with Gasteiger partial charge in [-0.3, -0.25) is 0 Å². The van der Waals surface area contributed by atoms with E-state index < -0.39 is 0 Å². The van der Waals surface area contributed by atoms with Gasteiger partial charge in [-0.15, -0.1) is 12.4 Å². The zero-order valence-electron chi connectivity index (χ0n) is 13.5. The number of anilines is 1. The Bertz CT molecular complexity index is 719. The zero-order chi connectivity index (χ0) is 14.9. The molecule has 1 aromatic carbocycles. The third-order valence-electron chi connectivity index (χ3n) is 4.86. The number of aromatic nitrogens is 2. The zero-order valence-corrected chi connectivity index (χ0v) is 14.3. The molecule has 0 N–H and O–H groups in total. The molecule has 0 radical (unpaired) electrons. The van der Waals surface area contributed by atoms with Crippen LogP contribution in [0.25, 0.3) is 11.1 Å². The highest BCUT2D eigenvalue weighted by molar-refractivity contribution is 5.96. The van der Waals surface area contributed by atoms with Crippen molar-refractivity contribution in [1.29, 1.82) is 0 Å². The van der Waals surface area contributed by atoms with Gasteiger partial charge in [-0.25, -0.2) is 9.97 Å². The molecule has 1 aromatic heterocycles. The lowest BCUT2D eigenvalue weighted by Crippen LogP contribution is -2.31. The van der Waals surface area contributed by atoms with E-state index in [1.807, 2.05) is 0 Å². The summed E-state index contributed by atoms with van der Waals surface area (Å²) in [6.45, 7) is 4.45. The normalized spacial score (nSPS) is 17.0. The van der Waals surface area contributed by atoms with Crippen LogP contribution < -0.4 is 4.90 Å². The van der Waals surface area contributed by atoms with Crippen molar-refractivity contribution < 1.29 is 0 Å². The number of halogens is 1. The lowest BCUT2D eigenvalue weighted by Gasteiger charge is -2.29. The van der Waals surface area contributed by atoms with E-state index in [-0.39, 0.29) is 12.4 Å². The summed E-state index contributed by atoms with van der Waals surface area (Å²) < 4.78 is 0. The maximum absolute atomic E-state index is 4.62. The Morgan fingerprint density at radius 3 is 2.43 bits per heavy atom. The number of nitrogens with zero attached hydrogens (tertiary/aromatic N) is 3. The van der Waals surface area contributed by atoms with Crippen molar-refractivity contribution in [2.45, 2.75) is 32.6 Å². The van der Waals surface area contributed by atoms with Crippen molar-refractivity contribution in [1.82, 2.24) is 9.97 Å². The van der Waals surface area contributed by atoms with Gasteiger partial charge in [0, 0.05) is 25.1 Å². The van der Waals surface area contributed by atoms with E-state index in [1.54, 1.807) is 6.33 Å². The molecule has 1 aliphatic heterocycles. The van der Waals surface area contributed by atoms with Crippen LogP contribution in [-0.4, -0.2) is 23.1 Å². The summed E-state index contributed by atoms with van der Waals surface area (Å²) in [6.07, 6.45) is 6.59. The maximum Gasteiger partial charge on any atom is 0.136 e. The van der Waals surface area contributed by atoms with Gasteiger partial charge in [0.15, 0.2) is 0 Å². The van der Waals surface area contributed by atoms with Gasteiger partial charge in [-0.05, 0) is 42.9 Å². The summed E-state index contributed by atoms with van der Waals surface area (Å²) in [4.78, 5) is 11.7. The van der Waals surface area contributed by atoms with Gasteiger partial charge in [0.05, 0.1) is 5.69 Å². The second kappa shape index (κ2) is 6.71. The van der Waals surface area contributed by atoms with E-state index in [0.29, 0.717) is 0 Å². The molecule has 1 saturated heterocycles. The summed E-state index contributed by atoms with van der Waals surface area (Å²) >= 11 is 0. The van der Waals surface area contributed by atoms with Crippen molar-refractivity contribution >= 4 is 29.4 Å². The SMILES string of the molecule is CC1=C(c2ccccc2)Cc2c1ncnc2N1CCCCC1.Cl. The van der Waals surface area contributed by atoms with Crippen LogP contribution in [0.5, 0.6) is 0 Å². The average molecular weight is 328 g/mol. The number of hydrogen-bond acceptors (Lipinski definition) is 3. The molecule has 1 aliphatic carbocycles. The fourth-order valence-corrected chi connectivity index (χ4v) is 3.68. The van der Waals surface area contributed by atoms with Gasteiger partial charge in [-0.2, -0.15) is 0 Å². The summed E-state index contributed by atoms with van der Waals surface area (Å²) in [6, 6.07) is 10.7. The number of benzene rings is 1. The predicted molar refractivity (Wildman–Crippen MR) is 98.0 cm³/mol. The lowest BCUT2D eigenvalue weighted by atomic mass is 10.0. The van der Waals surface area contributed by atoms with Crippen LogP contribution in [0.4, 0.5) is 5.82 Å². The second-order valence-electron chi connectivity index (χ2n) is 6.22. The first-order valence-corrected chi connectivity index (χ1v) is 8.19. The Morgan fingerprint density at radius 1 is 0.957 bits per heavy atom. The lowest BCUT2D eigenvalue weighted by molar-refractivity contribution is 0.571. The van der Waals surface area contributed by atoms with Gasteiger partial charge in [-0.1, -0.05) is 30.3 Å². The predicted octanol–water partition coefficient (Wildman–Crippen LogP) is 4.38. The monoisotopic (exact) mass is 327 g/mol. The quantitative estimate of drug-likeness (QED) is 0.820. The molecule has 23 heavy (non-hydrogen) atoms. The van der Waals surface area contributed by atoms with Crippen LogP contribution in [0.3, 0.4) is 0 Å². The topological polar surface area (TPSA) is 29.0 Å². The Balaban J connectivity index is 0.00000156. The molecule has 1 fully saturated rings. The Hall–Kier alpha value is -1.87. The Kier molecular flexibility index (Phi) is 4.67. The van der Waals surface area contributed by atoms with Gasteiger partial charge in [0.1, 0.15) is 12.1 Å². The Morgan fingerprint density at radius 2 is 1.70 bits per heavy atom. The Labute approximate surface area is 143 Å². The maximum atomic E-state index is 4.62. The smallest absolute Gasteiger partial charge is 0.136 e. The van der Waals surface area contributed by atoms with Crippen molar-refractivity contribution in [2.24, 2.45) is 0 Å². The summed E-state index contributed by atoms with van der Waals surface area (Å²) in [5.74, 6) is 1.16. The number of hydrogen-bond donors (Lipinski definition) is 0. The molecule has 0 spiro atoms. The number of rotatable bonds is 2. The summed E-state index contributed by atoms with van der Waals surface area (Å²) in [7, 11) is 0. The van der Waals surface area contributed by atoms with Crippen molar-refractivity contribution in [3.05, 3.63) is 53.5 Å². The van der Waals surface area contributed by atoms with E-state index in [2.05, 4.69) is 52.1 Å². The first-order valence-electron chi connectivity index (χ1n) is 8.19. The standard InChI is InChI=1S/C19H21N3.ClH/c1-14-16(15-8-4-2-5-9-15)12-17-18(14)20-13-21-19(17)22-10-6-3-7-11-22;/h2,4-5,8-9,13H,3,6-7,10-12H2,1H3;1H. The number of fused-ring (bicyclic) bond motifs is 1. The second-order valence-corrected chi connectivity index (χ2v) is 6.22. The van der Waals surface area contributed by atoms with Crippen LogP contribution in [0.15, 0.2) is 36.7 Å². The van der Waals surface area contributed by atoms with Crippen LogP contribution in [0.1, 0.15) is 43.0 Å². The van der Waals surface area contributed by atoms with Crippen molar-refractivity contribution in [3.63, 3.8) is 0 Å². The molecule has 4 heteroatoms. The minimum atomic E-state index is 0. The fraction of sp³-hybridized carbons (Fsp3) is 0.368. The minimum absolute atomic E-state index is 0. The van der Waals surface area contributed by atoms with E-state index in [0.717, 1.165) is 31.0 Å². The van der Waals surface area contributed by atoms with Gasteiger partial charge in [0.25, 0.3) is 0 Å². The number of piperidine rings is 1. The molecule has 0 unspecified atom stereocenters. The van der Waals surface area contributed by atoms with E-state index in [9.17, 15) is 0 Å². The summed E-state index contributed by atoms with van der Waals surface area (Å²) in [5.41, 5.74) is 6.48. The molecular formula is C19H22ClN3. The molecule has 4 rings (SSSR count). The van der Waals surface area contributed by atoms with Crippen LogP contribution in [0.2, 0.25) is 0 Å². The first kappa shape index (κ1) is 16.0. The largest absolute Gasteiger partial charge is 0.356 e. The third-order valence-corrected chi connectivity index (χ3v) is 4.86. The third kappa shape index (κ3) is 2.86. The molecule has 2 heterocycles. The first-order chi connectivity index (χ1) is 10.8. The molecule has 0 bridgehead atoms. The molecule has 0 amide bonds. The average Bonchev–Trinajstić information content (AvgIpc) is 2.94. The van der Waals surface area contributed by atoms with E-state index in [4.69, 9.17) is 0 Å². The van der Waals surface area contributed by atoms with Crippen LogP contribution in [-0.2, 0) is 6.42 Å². The van der Waals surface area contributed by atoms with Gasteiger partial charge in [0.2, 0.25) is 0 Å². The highest BCUT2D eigenvalue weighted by Gasteiger charge is 2.27. The molecule has 3 nitrogen and oxygen atoms in total. The molecule has 120 valence electrons. The van der Waals surface area contributed by atoms with Crippen molar-refractivity contribution in [3.8, 4) is 0 Å². The number of allylic oxidation sites excluding steroid dienone is 2. The van der Waals surface area contributed by atoms with E-state index in [1.165, 1.54) is 41.5 Å². The van der Waals surface area contributed by atoms with Gasteiger partial charge < -0.3 is 4.90 Å². The minimum Gasteiger partial charge on any atom is -0.356 e. The molecule has 0 atom stereocenters. The molecule has 0 saturated carbocycles.